The van der Waals surface area contributed by atoms with Gasteiger partial charge in [0.15, 0.2) is 0 Å². The average Bonchev–Trinajstić information content (AvgIpc) is 2.47. The number of hydrogen-bond acceptors (Lipinski definition) is 2. The molecule has 0 amide bonds. The van der Waals surface area contributed by atoms with Crippen molar-refractivity contribution in [2.24, 2.45) is 5.73 Å². The molecule has 0 fully saturated rings. The standard InChI is InChI=1S/C18H22ClNO/c1-4-16(20)18(14-8-6-5-7-13(14)3)21-17-10-9-12(2)11-15(17)19/h5-11,16,18H,4,20H2,1-3H3. The van der Waals surface area contributed by atoms with Gasteiger partial charge in [0.1, 0.15) is 11.9 Å². The fourth-order valence-corrected chi connectivity index (χ4v) is 2.62. The van der Waals surface area contributed by atoms with Gasteiger partial charge in [-0.15, -0.1) is 0 Å². The minimum Gasteiger partial charge on any atom is -0.483 e. The fourth-order valence-electron chi connectivity index (χ4n) is 2.34. The molecule has 21 heavy (non-hydrogen) atoms. The third-order valence-electron chi connectivity index (χ3n) is 3.70. The maximum atomic E-state index is 6.28. The van der Waals surface area contributed by atoms with E-state index >= 15 is 0 Å². The van der Waals surface area contributed by atoms with Crippen molar-refractivity contribution in [3.8, 4) is 5.75 Å². The largest absolute Gasteiger partial charge is 0.483 e. The smallest absolute Gasteiger partial charge is 0.139 e. The van der Waals surface area contributed by atoms with E-state index in [0.29, 0.717) is 10.8 Å². The summed E-state index contributed by atoms with van der Waals surface area (Å²) < 4.78 is 6.16. The number of halogens is 1. The maximum Gasteiger partial charge on any atom is 0.139 e. The van der Waals surface area contributed by atoms with E-state index in [1.807, 2.05) is 37.3 Å². The van der Waals surface area contributed by atoms with Crippen LogP contribution < -0.4 is 10.5 Å². The topological polar surface area (TPSA) is 35.2 Å². The van der Waals surface area contributed by atoms with Crippen molar-refractivity contribution < 1.29 is 4.74 Å². The van der Waals surface area contributed by atoms with E-state index in [1.165, 1.54) is 5.56 Å². The molecule has 2 atom stereocenters. The molecule has 3 heteroatoms. The molecule has 0 saturated heterocycles. The van der Waals surface area contributed by atoms with E-state index in [2.05, 4.69) is 26.0 Å². The molecule has 0 aromatic heterocycles. The Bertz CT molecular complexity index is 612. The van der Waals surface area contributed by atoms with E-state index in [1.54, 1.807) is 0 Å². The Balaban J connectivity index is 2.35. The van der Waals surface area contributed by atoms with Crippen molar-refractivity contribution in [1.29, 1.82) is 0 Å². The quantitative estimate of drug-likeness (QED) is 0.860. The van der Waals surface area contributed by atoms with Crippen LogP contribution in [0.1, 0.15) is 36.1 Å². The Morgan fingerprint density at radius 3 is 2.48 bits per heavy atom. The lowest BCUT2D eigenvalue weighted by Gasteiger charge is -2.26. The molecule has 112 valence electrons. The Morgan fingerprint density at radius 2 is 1.86 bits per heavy atom. The van der Waals surface area contributed by atoms with E-state index < -0.39 is 0 Å². The van der Waals surface area contributed by atoms with Crippen LogP contribution in [0.2, 0.25) is 5.02 Å². The molecule has 0 spiro atoms. The SMILES string of the molecule is CCC(N)C(Oc1ccc(C)cc1Cl)c1ccccc1C. The van der Waals surface area contributed by atoms with Gasteiger partial charge in [0.2, 0.25) is 0 Å². The first-order valence-electron chi connectivity index (χ1n) is 7.26. The van der Waals surface area contributed by atoms with Gasteiger partial charge in [-0.05, 0) is 49.1 Å². The second kappa shape index (κ2) is 6.97. The first-order valence-corrected chi connectivity index (χ1v) is 7.64. The van der Waals surface area contributed by atoms with Crippen molar-refractivity contribution in [1.82, 2.24) is 0 Å². The highest BCUT2D eigenvalue weighted by Gasteiger charge is 2.22. The van der Waals surface area contributed by atoms with Crippen LogP contribution in [-0.4, -0.2) is 6.04 Å². The molecule has 0 aliphatic carbocycles. The van der Waals surface area contributed by atoms with Crippen LogP contribution in [0.15, 0.2) is 42.5 Å². The fraction of sp³-hybridized carbons (Fsp3) is 0.333. The molecule has 0 aliphatic heterocycles. The van der Waals surface area contributed by atoms with Crippen molar-refractivity contribution in [2.45, 2.75) is 39.3 Å². The summed E-state index contributed by atoms with van der Waals surface area (Å²) in [7, 11) is 0. The van der Waals surface area contributed by atoms with Crippen LogP contribution in [0.5, 0.6) is 5.75 Å². The number of benzene rings is 2. The lowest BCUT2D eigenvalue weighted by molar-refractivity contribution is 0.170. The predicted molar refractivity (Wildman–Crippen MR) is 89.0 cm³/mol. The van der Waals surface area contributed by atoms with Crippen LogP contribution in [-0.2, 0) is 0 Å². The molecule has 0 bridgehead atoms. The zero-order valence-corrected chi connectivity index (χ0v) is 13.5. The third kappa shape index (κ3) is 3.78. The van der Waals surface area contributed by atoms with Crippen molar-refractivity contribution in [2.75, 3.05) is 0 Å². The number of aryl methyl sites for hydroxylation is 2. The summed E-state index contributed by atoms with van der Waals surface area (Å²) in [5, 5.41) is 0.622. The molecule has 2 rings (SSSR count). The second-order valence-corrected chi connectivity index (χ2v) is 5.81. The zero-order valence-electron chi connectivity index (χ0n) is 12.8. The molecular formula is C18H22ClNO. The number of rotatable bonds is 5. The molecular weight excluding hydrogens is 282 g/mol. The van der Waals surface area contributed by atoms with Gasteiger partial charge in [0.25, 0.3) is 0 Å². The summed E-state index contributed by atoms with van der Waals surface area (Å²) in [6.07, 6.45) is 0.638. The van der Waals surface area contributed by atoms with Gasteiger partial charge >= 0.3 is 0 Å². The van der Waals surface area contributed by atoms with E-state index in [4.69, 9.17) is 22.1 Å². The summed E-state index contributed by atoms with van der Waals surface area (Å²) in [5.74, 6) is 0.680. The minimum atomic E-state index is -0.198. The third-order valence-corrected chi connectivity index (χ3v) is 3.99. The summed E-state index contributed by atoms with van der Waals surface area (Å²) in [6.45, 7) is 6.15. The predicted octanol–water partition coefficient (Wildman–Crippen LogP) is 4.81. The first kappa shape index (κ1) is 15.9. The van der Waals surface area contributed by atoms with E-state index in [0.717, 1.165) is 17.5 Å². The van der Waals surface area contributed by atoms with Crippen molar-refractivity contribution >= 4 is 11.6 Å². The van der Waals surface area contributed by atoms with Crippen molar-refractivity contribution in [3.05, 3.63) is 64.2 Å². The summed E-state index contributed by atoms with van der Waals surface area (Å²) in [4.78, 5) is 0. The van der Waals surface area contributed by atoms with Crippen LogP contribution in [0.3, 0.4) is 0 Å². The summed E-state index contributed by atoms with van der Waals surface area (Å²) >= 11 is 6.28. The van der Waals surface area contributed by atoms with Gasteiger partial charge < -0.3 is 10.5 Å². The summed E-state index contributed by atoms with van der Waals surface area (Å²) in [6, 6.07) is 13.9. The highest BCUT2D eigenvalue weighted by atomic mass is 35.5. The Morgan fingerprint density at radius 1 is 1.14 bits per heavy atom. The molecule has 2 N–H and O–H groups in total. The van der Waals surface area contributed by atoms with Crippen molar-refractivity contribution in [3.63, 3.8) is 0 Å². The van der Waals surface area contributed by atoms with E-state index in [9.17, 15) is 0 Å². The Labute approximate surface area is 131 Å². The highest BCUT2D eigenvalue weighted by Crippen LogP contribution is 2.32. The molecule has 0 aliphatic rings. The molecule has 0 saturated carbocycles. The van der Waals surface area contributed by atoms with Gasteiger partial charge in [-0.2, -0.15) is 0 Å². The average molecular weight is 304 g/mol. The van der Waals surface area contributed by atoms with Gasteiger partial charge in [-0.25, -0.2) is 0 Å². The van der Waals surface area contributed by atoms with Crippen LogP contribution in [0.4, 0.5) is 0 Å². The van der Waals surface area contributed by atoms with Crippen LogP contribution in [0, 0.1) is 13.8 Å². The minimum absolute atomic E-state index is 0.0801. The van der Waals surface area contributed by atoms with Gasteiger partial charge in [0, 0.05) is 6.04 Å². The monoisotopic (exact) mass is 303 g/mol. The zero-order chi connectivity index (χ0) is 15.4. The first-order chi connectivity index (χ1) is 10.0. The molecule has 0 heterocycles. The molecule has 0 radical (unpaired) electrons. The normalized spacial score (nSPS) is 13.8. The Hall–Kier alpha value is -1.51. The highest BCUT2D eigenvalue weighted by molar-refractivity contribution is 6.32. The molecule has 2 aromatic rings. The lowest BCUT2D eigenvalue weighted by atomic mass is 9.96. The van der Waals surface area contributed by atoms with Crippen LogP contribution >= 0.6 is 11.6 Å². The van der Waals surface area contributed by atoms with Crippen LogP contribution in [0.25, 0.3) is 0 Å². The Kier molecular flexibility index (Phi) is 5.27. The van der Waals surface area contributed by atoms with Gasteiger partial charge in [-0.1, -0.05) is 48.9 Å². The number of hydrogen-bond donors (Lipinski definition) is 1. The van der Waals surface area contributed by atoms with Gasteiger partial charge in [-0.3, -0.25) is 0 Å². The molecule has 2 unspecified atom stereocenters. The van der Waals surface area contributed by atoms with E-state index in [-0.39, 0.29) is 12.1 Å². The number of nitrogens with two attached hydrogens (primary N) is 1. The molecule has 2 aromatic carbocycles. The van der Waals surface area contributed by atoms with Gasteiger partial charge in [0.05, 0.1) is 5.02 Å². The second-order valence-electron chi connectivity index (χ2n) is 5.40. The molecule has 2 nitrogen and oxygen atoms in total. The maximum absolute atomic E-state index is 6.28. The summed E-state index contributed by atoms with van der Waals surface area (Å²) in [5.41, 5.74) is 9.68. The number of ether oxygens (including phenoxy) is 1. The lowest BCUT2D eigenvalue weighted by Crippen LogP contribution is -2.32.